The molecule has 4 aromatic carbocycles. The summed E-state index contributed by atoms with van der Waals surface area (Å²) >= 11 is 0. The summed E-state index contributed by atoms with van der Waals surface area (Å²) in [7, 11) is -3.77. The summed E-state index contributed by atoms with van der Waals surface area (Å²) in [5, 5.41) is 3.56. The first kappa shape index (κ1) is 35.6. The average Bonchev–Trinajstić information content (AvgIpc) is 2.92. The number of aryl methyl sites for hydroxylation is 2. The van der Waals surface area contributed by atoms with Gasteiger partial charge < -0.3 is 28.6 Å². The maximum Gasteiger partial charge on any atom is 0.241 e. The van der Waals surface area contributed by atoms with Crippen LogP contribution in [0.4, 0.5) is 0 Å². The van der Waals surface area contributed by atoms with Crippen LogP contribution in [0.3, 0.4) is 0 Å². The van der Waals surface area contributed by atoms with Crippen molar-refractivity contribution >= 4 is 10.0 Å². The summed E-state index contributed by atoms with van der Waals surface area (Å²) in [6.07, 6.45) is 0. The summed E-state index contributed by atoms with van der Waals surface area (Å²) in [6, 6.07) is 34.0. The number of rotatable bonds is 12. The standard InChI is InChI=1S/C31H34N2O3S.ClH.H3N.Ru/c1-24-13-17-26(18-14-24)23-36-22-21-32-30(27-9-5-3-6-10-27)31(28-11-7-4-8-12-28)33-37(34,35)29-19-15-25(2)16-20-29;;;/h3-20,30-33H,21-23H2,1-2H3;1H;1H3;/t30-,31-;;;/m1.../s1. The first-order valence-corrected chi connectivity index (χ1v) is 14.0. The van der Waals surface area contributed by atoms with Crippen LogP contribution in [0, 0.1) is 13.8 Å². The van der Waals surface area contributed by atoms with Gasteiger partial charge in [-0.05, 0) is 42.7 Å². The van der Waals surface area contributed by atoms with Crippen LogP contribution in [0.2, 0.25) is 0 Å². The van der Waals surface area contributed by atoms with E-state index in [1.807, 2.05) is 79.7 Å². The van der Waals surface area contributed by atoms with Crippen LogP contribution in [0.15, 0.2) is 114 Å². The fourth-order valence-corrected chi connectivity index (χ4v) is 5.43. The molecule has 0 radical (unpaired) electrons. The minimum absolute atomic E-state index is 0. The number of quaternary nitrogens is 1. The molecule has 0 aliphatic rings. The SMILES string of the molecule is Cc1ccc(COCCN[C@H](c2ccccc2)[C@H](NS(=O)(=O)c2ccc(C)cc2)c2ccccc2)cc1.[Cl-].[NH4+].[Ru]. The molecular formula is C31H38ClN3O3RuS. The molecule has 0 bridgehead atoms. The fraction of sp³-hybridized carbons (Fsp3) is 0.226. The van der Waals surface area contributed by atoms with E-state index in [0.29, 0.717) is 19.8 Å². The quantitative estimate of drug-likeness (QED) is 0.159. The predicted octanol–water partition coefficient (Wildman–Crippen LogP) is 3.25. The van der Waals surface area contributed by atoms with Gasteiger partial charge in [-0.1, -0.05) is 108 Å². The smallest absolute Gasteiger partial charge is 0.241 e. The van der Waals surface area contributed by atoms with Crippen molar-refractivity contribution in [2.45, 2.75) is 37.4 Å². The van der Waals surface area contributed by atoms with Crippen molar-refractivity contribution < 1.29 is 45.0 Å². The Bertz CT molecular complexity index is 1360. The molecule has 0 unspecified atom stereocenters. The van der Waals surface area contributed by atoms with Gasteiger partial charge in [-0.3, -0.25) is 0 Å². The fourth-order valence-electron chi connectivity index (χ4n) is 4.19. The molecule has 2 atom stereocenters. The maximum absolute atomic E-state index is 13.5. The minimum Gasteiger partial charge on any atom is -1.00 e. The Hall–Kier alpha value is -2.42. The Morgan fingerprint density at radius 1 is 0.700 bits per heavy atom. The third-order valence-corrected chi connectivity index (χ3v) is 7.72. The zero-order valence-electron chi connectivity index (χ0n) is 23.0. The Kier molecular flexibility index (Phi) is 15.5. The zero-order chi connectivity index (χ0) is 26.1. The largest absolute Gasteiger partial charge is 1.00 e. The van der Waals surface area contributed by atoms with Crippen LogP contribution >= 0.6 is 0 Å². The van der Waals surface area contributed by atoms with Crippen molar-refractivity contribution in [2.75, 3.05) is 13.2 Å². The summed E-state index contributed by atoms with van der Waals surface area (Å²) in [6.45, 7) is 5.58. The van der Waals surface area contributed by atoms with Gasteiger partial charge >= 0.3 is 0 Å². The molecule has 9 heteroatoms. The second-order valence-corrected chi connectivity index (χ2v) is 10.9. The van der Waals surface area contributed by atoms with Crippen LogP contribution in [0.5, 0.6) is 0 Å². The molecular weight excluding hydrogens is 631 g/mol. The van der Waals surface area contributed by atoms with Crippen molar-refractivity contribution in [3.05, 3.63) is 137 Å². The van der Waals surface area contributed by atoms with Gasteiger partial charge in [0.15, 0.2) is 0 Å². The van der Waals surface area contributed by atoms with E-state index in [9.17, 15) is 8.42 Å². The van der Waals surface area contributed by atoms with Crippen molar-refractivity contribution in [3.8, 4) is 0 Å². The molecule has 0 fully saturated rings. The van der Waals surface area contributed by atoms with Crippen LogP contribution in [0.25, 0.3) is 0 Å². The number of hydrogen-bond acceptors (Lipinski definition) is 4. The summed E-state index contributed by atoms with van der Waals surface area (Å²) < 4.78 is 35.8. The predicted molar refractivity (Wildman–Crippen MR) is 155 cm³/mol. The molecule has 0 saturated carbocycles. The van der Waals surface area contributed by atoms with E-state index in [0.717, 1.165) is 22.3 Å². The topological polar surface area (TPSA) is 104 Å². The molecule has 0 saturated heterocycles. The molecule has 4 rings (SSSR count). The summed E-state index contributed by atoms with van der Waals surface area (Å²) in [5.41, 5.74) is 5.21. The van der Waals surface area contributed by atoms with Crippen molar-refractivity contribution in [2.24, 2.45) is 0 Å². The van der Waals surface area contributed by atoms with Crippen molar-refractivity contribution in [1.29, 1.82) is 0 Å². The third kappa shape index (κ3) is 10.2. The van der Waals surface area contributed by atoms with Gasteiger partial charge in [0.05, 0.1) is 30.2 Å². The van der Waals surface area contributed by atoms with E-state index < -0.39 is 16.1 Å². The Morgan fingerprint density at radius 2 is 1.18 bits per heavy atom. The molecule has 216 valence electrons. The number of hydrogen-bond donors (Lipinski definition) is 3. The number of halogens is 1. The summed E-state index contributed by atoms with van der Waals surface area (Å²) in [4.78, 5) is 0.243. The molecule has 40 heavy (non-hydrogen) atoms. The number of nitrogens with one attached hydrogen (secondary N) is 2. The second-order valence-electron chi connectivity index (χ2n) is 9.20. The van der Waals surface area contributed by atoms with E-state index in [1.165, 1.54) is 5.56 Å². The van der Waals surface area contributed by atoms with Gasteiger partial charge in [0, 0.05) is 26.0 Å². The molecule has 0 aromatic heterocycles. The van der Waals surface area contributed by atoms with E-state index in [4.69, 9.17) is 4.74 Å². The van der Waals surface area contributed by atoms with E-state index in [1.54, 1.807) is 12.1 Å². The minimum atomic E-state index is -3.77. The van der Waals surface area contributed by atoms with Gasteiger partial charge in [-0.15, -0.1) is 0 Å². The van der Waals surface area contributed by atoms with Gasteiger partial charge in [0.1, 0.15) is 0 Å². The van der Waals surface area contributed by atoms with E-state index in [-0.39, 0.29) is 49.0 Å². The second kappa shape index (κ2) is 17.4. The molecule has 4 aromatic rings. The normalized spacial score (nSPS) is 12.2. The average molecular weight is 669 g/mol. The molecule has 0 spiro atoms. The maximum atomic E-state index is 13.5. The van der Waals surface area contributed by atoms with Gasteiger partial charge in [-0.2, -0.15) is 0 Å². The van der Waals surface area contributed by atoms with Crippen LogP contribution < -0.4 is 28.6 Å². The van der Waals surface area contributed by atoms with Crippen molar-refractivity contribution in [3.63, 3.8) is 0 Å². The monoisotopic (exact) mass is 669 g/mol. The van der Waals surface area contributed by atoms with Crippen LogP contribution in [-0.4, -0.2) is 21.6 Å². The molecule has 6 nitrogen and oxygen atoms in total. The van der Waals surface area contributed by atoms with Gasteiger partial charge in [-0.25, -0.2) is 13.1 Å². The van der Waals surface area contributed by atoms with Gasteiger partial charge in [0.25, 0.3) is 0 Å². The third-order valence-electron chi connectivity index (χ3n) is 6.26. The number of benzene rings is 4. The number of sulfonamides is 1. The number of ether oxygens (including phenoxy) is 1. The van der Waals surface area contributed by atoms with E-state index in [2.05, 4.69) is 41.2 Å². The van der Waals surface area contributed by atoms with Crippen molar-refractivity contribution in [1.82, 2.24) is 16.2 Å². The first-order valence-electron chi connectivity index (χ1n) is 12.5. The van der Waals surface area contributed by atoms with Crippen LogP contribution in [-0.2, 0) is 40.8 Å². The summed E-state index contributed by atoms with van der Waals surface area (Å²) in [5.74, 6) is 0. The van der Waals surface area contributed by atoms with E-state index >= 15 is 0 Å². The zero-order valence-corrected chi connectivity index (χ0v) is 26.3. The molecule has 0 aliphatic heterocycles. The molecule has 0 aliphatic carbocycles. The Balaban J connectivity index is 0.00000267. The Labute approximate surface area is 257 Å². The molecule has 0 heterocycles. The van der Waals surface area contributed by atoms with Crippen LogP contribution in [0.1, 0.15) is 39.9 Å². The molecule has 0 amide bonds. The Morgan fingerprint density at radius 3 is 1.70 bits per heavy atom. The van der Waals surface area contributed by atoms with Gasteiger partial charge in [0.2, 0.25) is 10.0 Å². The molecule has 6 N–H and O–H groups in total. The first-order chi connectivity index (χ1) is 17.9.